The van der Waals surface area contributed by atoms with Gasteiger partial charge in [-0.25, -0.2) is 14.3 Å². The maximum absolute atomic E-state index is 14.0. The molecule has 1 aliphatic carbocycles. The molecule has 0 amide bonds. The SMILES string of the molecule is CC(O)c1ccc(Sc2n[nH]c(=O)n2C2CC2)c(F)c1. The lowest BCUT2D eigenvalue weighted by Crippen LogP contribution is -2.16. The molecule has 20 heavy (non-hydrogen) atoms. The Morgan fingerprint density at radius 2 is 2.30 bits per heavy atom. The Kier molecular flexibility index (Phi) is 3.39. The average Bonchev–Trinajstić information content (AvgIpc) is 3.17. The minimum absolute atomic E-state index is 0.184. The number of nitrogens with zero attached hydrogens (tertiary/aromatic N) is 2. The standard InChI is InChI=1S/C13H14FN3O2S/c1-7(18)8-2-5-11(10(14)6-8)20-13-16-15-12(19)17(13)9-3-4-9/h2,5-7,9,18H,3-4H2,1H3,(H,15,19). The lowest BCUT2D eigenvalue weighted by Gasteiger charge is -2.08. The second-order valence-electron chi connectivity index (χ2n) is 4.88. The van der Waals surface area contributed by atoms with Gasteiger partial charge in [0.25, 0.3) is 0 Å². The smallest absolute Gasteiger partial charge is 0.344 e. The van der Waals surface area contributed by atoms with Crippen LogP contribution in [0.5, 0.6) is 0 Å². The first-order chi connectivity index (χ1) is 9.56. The van der Waals surface area contributed by atoms with Crippen molar-refractivity contribution in [2.75, 3.05) is 0 Å². The van der Waals surface area contributed by atoms with Gasteiger partial charge in [0.05, 0.1) is 11.0 Å². The molecule has 2 N–H and O–H groups in total. The highest BCUT2D eigenvalue weighted by atomic mass is 32.2. The molecule has 106 valence electrons. The number of rotatable bonds is 4. The molecule has 0 aliphatic heterocycles. The number of aliphatic hydroxyl groups excluding tert-OH is 1. The van der Waals surface area contributed by atoms with Crippen molar-refractivity contribution in [1.29, 1.82) is 0 Å². The van der Waals surface area contributed by atoms with Gasteiger partial charge in [-0.15, -0.1) is 5.10 Å². The summed E-state index contributed by atoms with van der Waals surface area (Å²) >= 11 is 1.11. The molecule has 1 aromatic heterocycles. The van der Waals surface area contributed by atoms with Crippen LogP contribution in [0.2, 0.25) is 0 Å². The third kappa shape index (κ3) is 2.51. The number of benzene rings is 1. The van der Waals surface area contributed by atoms with Crippen molar-refractivity contribution < 1.29 is 9.50 Å². The van der Waals surface area contributed by atoms with Gasteiger partial charge in [0, 0.05) is 6.04 Å². The van der Waals surface area contributed by atoms with E-state index in [1.54, 1.807) is 23.6 Å². The number of nitrogens with one attached hydrogen (secondary N) is 1. The summed E-state index contributed by atoms with van der Waals surface area (Å²) in [6.07, 6.45) is 1.20. The highest BCUT2D eigenvalue weighted by molar-refractivity contribution is 7.99. The van der Waals surface area contributed by atoms with Gasteiger partial charge >= 0.3 is 5.69 Å². The van der Waals surface area contributed by atoms with Gasteiger partial charge in [0.15, 0.2) is 5.16 Å². The van der Waals surface area contributed by atoms with Crippen LogP contribution in [0, 0.1) is 5.82 Å². The van der Waals surface area contributed by atoms with Gasteiger partial charge in [0.2, 0.25) is 0 Å². The van der Waals surface area contributed by atoms with E-state index in [4.69, 9.17) is 0 Å². The zero-order valence-electron chi connectivity index (χ0n) is 10.8. The van der Waals surface area contributed by atoms with Crippen LogP contribution in [0.25, 0.3) is 0 Å². The molecule has 1 saturated carbocycles. The zero-order chi connectivity index (χ0) is 14.3. The summed E-state index contributed by atoms with van der Waals surface area (Å²) < 4.78 is 15.6. The van der Waals surface area contributed by atoms with E-state index in [1.807, 2.05) is 0 Å². The Balaban J connectivity index is 1.90. The van der Waals surface area contributed by atoms with Gasteiger partial charge in [-0.3, -0.25) is 4.57 Å². The van der Waals surface area contributed by atoms with Crippen molar-refractivity contribution in [2.45, 2.75) is 42.0 Å². The first-order valence-corrected chi connectivity index (χ1v) is 7.20. The number of hydrogen-bond donors (Lipinski definition) is 2. The van der Waals surface area contributed by atoms with E-state index in [-0.39, 0.29) is 11.7 Å². The summed E-state index contributed by atoms with van der Waals surface area (Å²) in [7, 11) is 0. The molecule has 5 nitrogen and oxygen atoms in total. The number of aliphatic hydroxyl groups is 1. The highest BCUT2D eigenvalue weighted by Gasteiger charge is 2.29. The van der Waals surface area contributed by atoms with E-state index in [0.29, 0.717) is 15.6 Å². The van der Waals surface area contributed by atoms with Crippen LogP contribution in [0.4, 0.5) is 4.39 Å². The number of H-pyrrole nitrogens is 1. The first kappa shape index (κ1) is 13.4. The van der Waals surface area contributed by atoms with Crippen LogP contribution < -0.4 is 5.69 Å². The van der Waals surface area contributed by atoms with Gasteiger partial charge < -0.3 is 5.11 Å². The normalized spacial score (nSPS) is 16.4. The van der Waals surface area contributed by atoms with Crippen molar-refractivity contribution in [3.63, 3.8) is 0 Å². The second-order valence-corrected chi connectivity index (χ2v) is 5.89. The highest BCUT2D eigenvalue weighted by Crippen LogP contribution is 2.38. The van der Waals surface area contributed by atoms with Crippen LogP contribution in [0.15, 0.2) is 33.0 Å². The van der Waals surface area contributed by atoms with Crippen LogP contribution in [-0.4, -0.2) is 19.9 Å². The van der Waals surface area contributed by atoms with E-state index in [9.17, 15) is 14.3 Å². The minimum atomic E-state index is -0.710. The zero-order valence-corrected chi connectivity index (χ0v) is 11.7. The quantitative estimate of drug-likeness (QED) is 0.907. The van der Waals surface area contributed by atoms with Gasteiger partial charge in [-0.2, -0.15) is 0 Å². The predicted molar refractivity (Wildman–Crippen MR) is 72.3 cm³/mol. The van der Waals surface area contributed by atoms with Crippen molar-refractivity contribution in [2.24, 2.45) is 0 Å². The number of aromatic nitrogens is 3. The number of aromatic amines is 1. The van der Waals surface area contributed by atoms with E-state index >= 15 is 0 Å². The Bertz CT molecular complexity index is 691. The summed E-state index contributed by atoms with van der Waals surface area (Å²) in [4.78, 5) is 12.0. The molecule has 0 bridgehead atoms. The monoisotopic (exact) mass is 295 g/mol. The van der Waals surface area contributed by atoms with Gasteiger partial charge in [0.1, 0.15) is 5.82 Å². The Hall–Kier alpha value is -1.60. The maximum atomic E-state index is 14.0. The fraction of sp³-hybridized carbons (Fsp3) is 0.385. The molecule has 2 aromatic rings. The molecular weight excluding hydrogens is 281 g/mol. The van der Waals surface area contributed by atoms with Crippen molar-refractivity contribution >= 4 is 11.8 Å². The summed E-state index contributed by atoms with van der Waals surface area (Å²) in [5.41, 5.74) is 0.268. The first-order valence-electron chi connectivity index (χ1n) is 6.38. The lowest BCUT2D eigenvalue weighted by atomic mass is 10.1. The summed E-state index contributed by atoms with van der Waals surface area (Å²) in [5.74, 6) is -0.425. The Labute approximate surface area is 118 Å². The molecule has 0 spiro atoms. The number of hydrogen-bond acceptors (Lipinski definition) is 4. The fourth-order valence-corrected chi connectivity index (χ4v) is 2.89. The molecule has 0 radical (unpaired) electrons. The minimum Gasteiger partial charge on any atom is -0.389 e. The van der Waals surface area contributed by atoms with Crippen LogP contribution in [0.3, 0.4) is 0 Å². The van der Waals surface area contributed by atoms with E-state index in [2.05, 4.69) is 10.2 Å². The molecule has 0 saturated heterocycles. The molecule has 1 aromatic carbocycles. The average molecular weight is 295 g/mol. The molecule has 1 unspecified atom stereocenters. The van der Waals surface area contributed by atoms with Crippen LogP contribution in [0.1, 0.15) is 37.5 Å². The van der Waals surface area contributed by atoms with Gasteiger partial charge in [-0.1, -0.05) is 6.07 Å². The van der Waals surface area contributed by atoms with E-state index in [0.717, 1.165) is 24.6 Å². The maximum Gasteiger partial charge on any atom is 0.344 e. The molecule has 1 fully saturated rings. The van der Waals surface area contributed by atoms with Crippen molar-refractivity contribution in [1.82, 2.24) is 14.8 Å². The predicted octanol–water partition coefficient (Wildman–Crippen LogP) is 2.25. The van der Waals surface area contributed by atoms with Gasteiger partial charge in [-0.05, 0) is 49.2 Å². The molecule has 7 heteroatoms. The van der Waals surface area contributed by atoms with Crippen molar-refractivity contribution in [3.8, 4) is 0 Å². The fourth-order valence-electron chi connectivity index (χ4n) is 1.98. The van der Waals surface area contributed by atoms with Crippen LogP contribution in [-0.2, 0) is 0 Å². The third-order valence-corrected chi connectivity index (χ3v) is 4.25. The summed E-state index contributed by atoms with van der Waals surface area (Å²) in [5, 5.41) is 16.2. The van der Waals surface area contributed by atoms with E-state index in [1.165, 1.54) is 6.07 Å². The number of halogens is 1. The largest absolute Gasteiger partial charge is 0.389 e. The molecular formula is C13H14FN3O2S. The van der Waals surface area contributed by atoms with Crippen LogP contribution >= 0.6 is 11.8 Å². The molecule has 1 heterocycles. The Morgan fingerprint density at radius 3 is 2.90 bits per heavy atom. The summed E-state index contributed by atoms with van der Waals surface area (Å²) in [6, 6.07) is 4.75. The molecule has 3 rings (SSSR count). The second kappa shape index (κ2) is 5.06. The topological polar surface area (TPSA) is 70.9 Å². The Morgan fingerprint density at radius 1 is 1.55 bits per heavy atom. The lowest BCUT2D eigenvalue weighted by molar-refractivity contribution is 0.198. The van der Waals surface area contributed by atoms with E-state index < -0.39 is 11.9 Å². The molecule has 1 aliphatic rings. The third-order valence-electron chi connectivity index (χ3n) is 3.22. The molecule has 1 atom stereocenters. The summed E-state index contributed by atoms with van der Waals surface area (Å²) in [6.45, 7) is 1.58. The van der Waals surface area contributed by atoms with Crippen molar-refractivity contribution in [3.05, 3.63) is 40.1 Å².